The van der Waals surface area contributed by atoms with E-state index < -0.39 is 12.0 Å². The molecule has 3 nitrogen and oxygen atoms in total. The zero-order valence-electron chi connectivity index (χ0n) is 11.1. The molecule has 0 spiro atoms. The molecule has 1 N–H and O–H groups in total. The summed E-state index contributed by atoms with van der Waals surface area (Å²) in [6.07, 6.45) is 1.04. The van der Waals surface area contributed by atoms with E-state index in [1.807, 2.05) is 13.8 Å². The fourth-order valence-corrected chi connectivity index (χ4v) is 2.07. The summed E-state index contributed by atoms with van der Waals surface area (Å²) in [7, 11) is 1.77. The third-order valence-electron chi connectivity index (χ3n) is 3.33. The van der Waals surface area contributed by atoms with E-state index >= 15 is 0 Å². The Hall–Kier alpha value is -1.42. The summed E-state index contributed by atoms with van der Waals surface area (Å²) in [6, 6.07) is 6.06. The smallest absolute Gasteiger partial charge is 0.320 e. The third-order valence-corrected chi connectivity index (χ3v) is 3.33. The molecule has 0 bridgehead atoms. The van der Waals surface area contributed by atoms with Gasteiger partial charge in [0, 0.05) is 6.04 Å². The summed E-state index contributed by atoms with van der Waals surface area (Å²) in [6.45, 7) is 3.75. The van der Waals surface area contributed by atoms with Gasteiger partial charge in [0.1, 0.15) is 11.9 Å². The largest absolute Gasteiger partial charge is 0.480 e. The van der Waals surface area contributed by atoms with E-state index in [1.165, 1.54) is 6.07 Å². The van der Waals surface area contributed by atoms with Crippen molar-refractivity contribution in [1.82, 2.24) is 4.90 Å². The number of hydrogen-bond acceptors (Lipinski definition) is 2. The number of aliphatic carboxylic acids is 1. The van der Waals surface area contributed by atoms with Gasteiger partial charge in [0.25, 0.3) is 0 Å². The van der Waals surface area contributed by atoms with Crippen LogP contribution in [0.5, 0.6) is 0 Å². The van der Waals surface area contributed by atoms with Gasteiger partial charge in [-0.05, 0) is 38.4 Å². The van der Waals surface area contributed by atoms with Crippen molar-refractivity contribution in [2.24, 2.45) is 0 Å². The predicted octanol–water partition coefficient (Wildman–Crippen LogP) is 2.55. The Morgan fingerprint density at radius 3 is 2.56 bits per heavy atom. The Bertz CT molecular complexity index is 409. The molecule has 0 aliphatic carbocycles. The molecule has 0 aliphatic rings. The molecule has 18 heavy (non-hydrogen) atoms. The maximum Gasteiger partial charge on any atom is 0.320 e. The van der Waals surface area contributed by atoms with Crippen LogP contribution in [0.4, 0.5) is 4.39 Å². The number of carboxylic acids is 1. The lowest BCUT2D eigenvalue weighted by molar-refractivity contribution is -0.143. The summed E-state index contributed by atoms with van der Waals surface area (Å²) in [5, 5.41) is 9.10. The molecule has 0 saturated heterocycles. The number of halogens is 1. The fourth-order valence-electron chi connectivity index (χ4n) is 2.07. The van der Waals surface area contributed by atoms with Crippen LogP contribution in [0, 0.1) is 5.82 Å². The first kappa shape index (κ1) is 14.6. The molecular formula is C14H20FNO2. The van der Waals surface area contributed by atoms with Crippen molar-refractivity contribution in [1.29, 1.82) is 0 Å². The van der Waals surface area contributed by atoms with Crippen molar-refractivity contribution in [2.75, 3.05) is 7.05 Å². The van der Waals surface area contributed by atoms with Crippen molar-refractivity contribution >= 4 is 5.97 Å². The predicted molar refractivity (Wildman–Crippen MR) is 69.0 cm³/mol. The lowest BCUT2D eigenvalue weighted by Crippen LogP contribution is -2.44. The van der Waals surface area contributed by atoms with Crippen LogP contribution < -0.4 is 0 Å². The molecule has 0 aliphatic heterocycles. The lowest BCUT2D eigenvalue weighted by Gasteiger charge is -2.30. The summed E-state index contributed by atoms with van der Waals surface area (Å²) in [5.41, 5.74) is 0.622. The van der Waals surface area contributed by atoms with Crippen molar-refractivity contribution in [3.63, 3.8) is 0 Å². The molecule has 4 heteroatoms. The Kier molecular flexibility index (Phi) is 5.28. The Morgan fingerprint density at radius 2 is 2.06 bits per heavy atom. The SMILES string of the molecule is CCC(C(=O)O)N(C)C(C)Cc1ccccc1F. The number of rotatable bonds is 6. The second kappa shape index (κ2) is 6.50. The number of likely N-dealkylation sites (N-methyl/N-ethyl adjacent to an activating group) is 1. The topological polar surface area (TPSA) is 40.5 Å². The third kappa shape index (κ3) is 3.53. The normalized spacial score (nSPS) is 14.5. The van der Waals surface area contributed by atoms with Crippen LogP contribution in [0.2, 0.25) is 0 Å². The highest BCUT2D eigenvalue weighted by Crippen LogP contribution is 2.14. The Morgan fingerprint density at radius 1 is 1.44 bits per heavy atom. The van der Waals surface area contributed by atoms with E-state index in [-0.39, 0.29) is 11.9 Å². The maximum absolute atomic E-state index is 13.5. The first-order chi connectivity index (χ1) is 8.47. The maximum atomic E-state index is 13.5. The Labute approximate surface area is 107 Å². The number of nitrogens with zero attached hydrogens (tertiary/aromatic N) is 1. The average molecular weight is 253 g/mol. The highest BCUT2D eigenvalue weighted by Gasteiger charge is 2.24. The van der Waals surface area contributed by atoms with Crippen LogP contribution in [0.1, 0.15) is 25.8 Å². The molecule has 1 aromatic carbocycles. The van der Waals surface area contributed by atoms with Gasteiger partial charge in [-0.25, -0.2) is 4.39 Å². The first-order valence-electron chi connectivity index (χ1n) is 6.15. The quantitative estimate of drug-likeness (QED) is 0.847. The minimum Gasteiger partial charge on any atom is -0.480 e. The summed E-state index contributed by atoms with van der Waals surface area (Å²) >= 11 is 0. The van der Waals surface area contributed by atoms with Gasteiger partial charge >= 0.3 is 5.97 Å². The van der Waals surface area contributed by atoms with Gasteiger partial charge in [-0.3, -0.25) is 9.69 Å². The van der Waals surface area contributed by atoms with E-state index in [1.54, 1.807) is 30.1 Å². The van der Waals surface area contributed by atoms with Crippen molar-refractivity contribution < 1.29 is 14.3 Å². The molecule has 1 rings (SSSR count). The van der Waals surface area contributed by atoms with Crippen molar-refractivity contribution in [3.8, 4) is 0 Å². The molecule has 0 radical (unpaired) electrons. The van der Waals surface area contributed by atoms with E-state index in [0.29, 0.717) is 18.4 Å². The monoisotopic (exact) mass is 253 g/mol. The van der Waals surface area contributed by atoms with E-state index in [9.17, 15) is 9.18 Å². The standard InChI is InChI=1S/C14H20FNO2/c1-4-13(14(17)18)16(3)10(2)9-11-7-5-6-8-12(11)15/h5-8,10,13H,4,9H2,1-3H3,(H,17,18). The number of benzene rings is 1. The molecule has 0 aromatic heterocycles. The number of carbonyl (C=O) groups is 1. The van der Waals surface area contributed by atoms with Crippen LogP contribution in [-0.2, 0) is 11.2 Å². The summed E-state index contributed by atoms with van der Waals surface area (Å²) in [5.74, 6) is -1.07. The van der Waals surface area contributed by atoms with Crippen molar-refractivity contribution in [3.05, 3.63) is 35.6 Å². The summed E-state index contributed by atoms with van der Waals surface area (Å²) in [4.78, 5) is 12.9. The van der Waals surface area contributed by atoms with Gasteiger partial charge in [0.05, 0.1) is 0 Å². The molecule has 2 unspecified atom stereocenters. The van der Waals surface area contributed by atoms with Gasteiger partial charge in [-0.15, -0.1) is 0 Å². The minimum absolute atomic E-state index is 0.0250. The van der Waals surface area contributed by atoms with Gasteiger partial charge in [0.15, 0.2) is 0 Å². The molecule has 1 aromatic rings. The fraction of sp³-hybridized carbons (Fsp3) is 0.500. The summed E-state index contributed by atoms with van der Waals surface area (Å²) < 4.78 is 13.5. The van der Waals surface area contributed by atoms with E-state index in [0.717, 1.165) is 0 Å². The van der Waals surface area contributed by atoms with Gasteiger partial charge in [0.2, 0.25) is 0 Å². The zero-order valence-corrected chi connectivity index (χ0v) is 11.1. The van der Waals surface area contributed by atoms with Crippen LogP contribution in [-0.4, -0.2) is 35.1 Å². The highest BCUT2D eigenvalue weighted by atomic mass is 19.1. The first-order valence-corrected chi connectivity index (χ1v) is 6.15. The molecule has 0 heterocycles. The van der Waals surface area contributed by atoms with Crippen LogP contribution in [0.3, 0.4) is 0 Å². The van der Waals surface area contributed by atoms with Crippen LogP contribution >= 0.6 is 0 Å². The van der Waals surface area contributed by atoms with E-state index in [4.69, 9.17) is 5.11 Å². The average Bonchev–Trinajstić information content (AvgIpc) is 2.32. The zero-order chi connectivity index (χ0) is 13.7. The molecule has 0 saturated carbocycles. The molecule has 100 valence electrons. The molecule has 2 atom stereocenters. The van der Waals surface area contributed by atoms with Gasteiger partial charge < -0.3 is 5.11 Å². The molecule has 0 amide bonds. The lowest BCUT2D eigenvalue weighted by atomic mass is 10.0. The second-order valence-corrected chi connectivity index (χ2v) is 4.57. The number of hydrogen-bond donors (Lipinski definition) is 1. The van der Waals surface area contributed by atoms with Gasteiger partial charge in [-0.1, -0.05) is 25.1 Å². The molecule has 0 fully saturated rings. The van der Waals surface area contributed by atoms with E-state index in [2.05, 4.69) is 0 Å². The highest BCUT2D eigenvalue weighted by molar-refractivity contribution is 5.73. The van der Waals surface area contributed by atoms with Gasteiger partial charge in [-0.2, -0.15) is 0 Å². The minimum atomic E-state index is -0.833. The van der Waals surface area contributed by atoms with Crippen LogP contribution in [0.15, 0.2) is 24.3 Å². The second-order valence-electron chi connectivity index (χ2n) is 4.57. The Balaban J connectivity index is 2.73. The van der Waals surface area contributed by atoms with Crippen LogP contribution in [0.25, 0.3) is 0 Å². The molecular weight excluding hydrogens is 233 g/mol. The number of carboxylic acid groups (broad SMARTS) is 1. The van der Waals surface area contributed by atoms with Crippen molar-refractivity contribution in [2.45, 2.75) is 38.8 Å².